The average molecular weight is 531 g/mol. The lowest BCUT2D eigenvalue weighted by atomic mass is 9.29. The van der Waals surface area contributed by atoms with E-state index in [-0.39, 0.29) is 13.4 Å². The second-order valence-electron chi connectivity index (χ2n) is 12.1. The Morgan fingerprint density at radius 2 is 0.825 bits per heavy atom. The van der Waals surface area contributed by atoms with Crippen LogP contribution in [-0.2, 0) is 0 Å². The van der Waals surface area contributed by atoms with Crippen molar-refractivity contribution in [2.45, 2.75) is 51.3 Å². The lowest BCUT2D eigenvalue weighted by molar-refractivity contribution is 1.18. The molecule has 5 aromatic rings. The summed E-state index contributed by atoms with van der Waals surface area (Å²) in [4.78, 5) is 5.36. The fourth-order valence-electron chi connectivity index (χ4n) is 8.20. The minimum Gasteiger partial charge on any atom is -0.310 e. The van der Waals surface area contributed by atoms with Crippen molar-refractivity contribution in [1.82, 2.24) is 0 Å². The number of benzene rings is 5. The molecule has 3 heterocycles. The molecule has 192 valence electrons. The standard InChI is InChI=1S/C36H31B2NS/c1-20-16-22(3)32(23(4)17-20)37-26-10-7-11-27-34(26)39-35-28(37)12-8-14-30(35)40-31-15-9-13-29(36(31)39)38(27)33-24(5)18-21(2)19-25(33)6/h7-19H,1-6H3. The van der Waals surface area contributed by atoms with Gasteiger partial charge in [-0.2, -0.15) is 0 Å². The van der Waals surface area contributed by atoms with Gasteiger partial charge in [-0.1, -0.05) is 123 Å². The summed E-state index contributed by atoms with van der Waals surface area (Å²) in [5.74, 6) is 0. The highest BCUT2D eigenvalue weighted by Crippen LogP contribution is 2.52. The smallest absolute Gasteiger partial charge is 0.247 e. The monoisotopic (exact) mass is 531 g/mol. The van der Waals surface area contributed by atoms with Gasteiger partial charge in [0.15, 0.2) is 0 Å². The van der Waals surface area contributed by atoms with Gasteiger partial charge >= 0.3 is 0 Å². The van der Waals surface area contributed by atoms with Gasteiger partial charge in [0.2, 0.25) is 13.4 Å². The van der Waals surface area contributed by atoms with Crippen LogP contribution >= 0.6 is 11.8 Å². The first-order valence-corrected chi connectivity index (χ1v) is 15.2. The topological polar surface area (TPSA) is 3.24 Å². The second kappa shape index (κ2) is 8.44. The Balaban J connectivity index is 1.51. The van der Waals surface area contributed by atoms with Gasteiger partial charge in [-0.3, -0.25) is 0 Å². The van der Waals surface area contributed by atoms with E-state index in [1.54, 1.807) is 0 Å². The van der Waals surface area contributed by atoms with Crippen LogP contribution in [0.25, 0.3) is 0 Å². The Labute approximate surface area is 242 Å². The summed E-state index contributed by atoms with van der Waals surface area (Å²) < 4.78 is 0. The molecule has 0 atom stereocenters. The molecule has 0 bridgehead atoms. The molecule has 1 nitrogen and oxygen atoms in total. The third kappa shape index (κ3) is 3.14. The van der Waals surface area contributed by atoms with E-state index >= 15 is 0 Å². The third-order valence-corrected chi connectivity index (χ3v) is 10.4. The molecule has 5 aromatic carbocycles. The van der Waals surface area contributed by atoms with Gasteiger partial charge in [0.05, 0.1) is 11.4 Å². The van der Waals surface area contributed by atoms with Gasteiger partial charge < -0.3 is 4.90 Å². The van der Waals surface area contributed by atoms with Crippen molar-refractivity contribution < 1.29 is 0 Å². The molecule has 3 aliphatic rings. The van der Waals surface area contributed by atoms with Gasteiger partial charge in [-0.25, -0.2) is 0 Å². The van der Waals surface area contributed by atoms with Gasteiger partial charge in [-0.15, -0.1) is 0 Å². The molecule has 8 rings (SSSR count). The molecule has 0 amide bonds. The first-order valence-electron chi connectivity index (χ1n) is 14.4. The number of anilines is 3. The summed E-state index contributed by atoms with van der Waals surface area (Å²) in [6.45, 7) is 14.0. The van der Waals surface area contributed by atoms with Crippen LogP contribution in [0.1, 0.15) is 33.4 Å². The molecular formula is C36H31B2NS. The van der Waals surface area contributed by atoms with Crippen LogP contribution in [0.2, 0.25) is 0 Å². The quantitative estimate of drug-likeness (QED) is 0.285. The van der Waals surface area contributed by atoms with Gasteiger partial charge in [0, 0.05) is 15.5 Å². The Bertz CT molecular complexity index is 1740. The van der Waals surface area contributed by atoms with Crippen molar-refractivity contribution in [2.75, 3.05) is 4.90 Å². The lowest BCUT2D eigenvalue weighted by Crippen LogP contribution is -2.66. The SMILES string of the molecule is Cc1cc(C)c(B2c3cccc4c3N3c5c(cccc5B(c5c(C)cc(C)cc5C)c5cccc2c53)S4)c(C)c1. The maximum Gasteiger partial charge on any atom is 0.247 e. The van der Waals surface area contributed by atoms with E-state index in [9.17, 15) is 0 Å². The van der Waals surface area contributed by atoms with Crippen molar-refractivity contribution in [2.24, 2.45) is 0 Å². The molecule has 4 heteroatoms. The minimum atomic E-state index is 0.204. The van der Waals surface area contributed by atoms with Crippen molar-refractivity contribution in [3.63, 3.8) is 0 Å². The summed E-state index contributed by atoms with van der Waals surface area (Å²) in [5.41, 5.74) is 21.0. The molecule has 0 aliphatic carbocycles. The van der Waals surface area contributed by atoms with Gasteiger partial charge in [0.1, 0.15) is 0 Å². The maximum atomic E-state index is 2.64. The first-order chi connectivity index (χ1) is 19.3. The molecule has 0 unspecified atom stereocenters. The Kier molecular flexibility index (Phi) is 5.11. The van der Waals surface area contributed by atoms with Crippen molar-refractivity contribution in [3.8, 4) is 0 Å². The molecule has 40 heavy (non-hydrogen) atoms. The van der Waals surface area contributed by atoms with Crippen molar-refractivity contribution in [1.29, 1.82) is 0 Å². The highest BCUT2D eigenvalue weighted by Gasteiger charge is 2.47. The van der Waals surface area contributed by atoms with Crippen molar-refractivity contribution >= 4 is 75.0 Å². The van der Waals surface area contributed by atoms with E-state index in [0.29, 0.717) is 0 Å². The highest BCUT2D eigenvalue weighted by atomic mass is 32.2. The van der Waals surface area contributed by atoms with E-state index < -0.39 is 0 Å². The van der Waals surface area contributed by atoms with Crippen LogP contribution in [0.4, 0.5) is 17.1 Å². The molecule has 0 radical (unpaired) electrons. The third-order valence-electron chi connectivity index (χ3n) is 9.35. The predicted octanol–water partition coefficient (Wildman–Crippen LogP) is 5.13. The zero-order valence-electron chi connectivity index (χ0n) is 24.0. The molecule has 0 saturated heterocycles. The predicted molar refractivity (Wildman–Crippen MR) is 176 cm³/mol. The Morgan fingerprint density at radius 3 is 1.23 bits per heavy atom. The summed E-state index contributed by atoms with van der Waals surface area (Å²) in [5, 5.41) is 0. The van der Waals surface area contributed by atoms with Crippen LogP contribution in [0.3, 0.4) is 0 Å². The largest absolute Gasteiger partial charge is 0.310 e. The van der Waals surface area contributed by atoms with E-state index in [0.717, 1.165) is 0 Å². The number of hydrogen-bond donors (Lipinski definition) is 0. The maximum absolute atomic E-state index is 2.64. The van der Waals surface area contributed by atoms with E-state index in [4.69, 9.17) is 0 Å². The van der Waals surface area contributed by atoms with Crippen LogP contribution < -0.4 is 37.7 Å². The zero-order chi connectivity index (χ0) is 27.4. The second-order valence-corrected chi connectivity index (χ2v) is 13.2. The summed E-state index contributed by atoms with van der Waals surface area (Å²) >= 11 is 1.94. The molecular weight excluding hydrogens is 500 g/mol. The Morgan fingerprint density at radius 1 is 0.475 bits per heavy atom. The van der Waals surface area contributed by atoms with Gasteiger partial charge in [0.25, 0.3) is 0 Å². The lowest BCUT2D eigenvalue weighted by Gasteiger charge is -2.47. The first kappa shape index (κ1) is 24.2. The summed E-state index contributed by atoms with van der Waals surface area (Å²) in [6.07, 6.45) is 0. The summed E-state index contributed by atoms with van der Waals surface area (Å²) in [7, 11) is 0. The fourth-order valence-corrected chi connectivity index (χ4v) is 9.34. The van der Waals surface area contributed by atoms with Crippen molar-refractivity contribution in [3.05, 3.63) is 112 Å². The van der Waals surface area contributed by atoms with Gasteiger partial charge in [-0.05, 0) is 75.5 Å². The molecule has 0 spiro atoms. The number of para-hydroxylation sites is 3. The van der Waals surface area contributed by atoms with E-state index in [1.807, 2.05) is 11.8 Å². The average Bonchev–Trinajstić information content (AvgIpc) is 2.90. The number of aryl methyl sites for hydroxylation is 6. The van der Waals surface area contributed by atoms with Crippen LogP contribution in [0.5, 0.6) is 0 Å². The normalized spacial score (nSPS) is 14.0. The van der Waals surface area contributed by atoms with E-state index in [1.165, 1.54) is 93.0 Å². The molecule has 0 fully saturated rings. The van der Waals surface area contributed by atoms with Crippen LogP contribution in [0, 0.1) is 41.5 Å². The molecule has 0 saturated carbocycles. The molecule has 0 aromatic heterocycles. The molecule has 3 aliphatic heterocycles. The minimum absolute atomic E-state index is 0.204. The fraction of sp³-hybridized carbons (Fsp3) is 0.167. The zero-order valence-corrected chi connectivity index (χ0v) is 24.8. The molecule has 0 N–H and O–H groups in total. The number of rotatable bonds is 2. The van der Waals surface area contributed by atoms with Crippen LogP contribution in [-0.4, -0.2) is 13.4 Å². The van der Waals surface area contributed by atoms with Crippen LogP contribution in [0.15, 0.2) is 88.7 Å². The highest BCUT2D eigenvalue weighted by molar-refractivity contribution is 7.99. The number of nitrogens with zero attached hydrogens (tertiary/aromatic N) is 1. The summed E-state index contributed by atoms with van der Waals surface area (Å²) in [6, 6.07) is 30.5. The number of hydrogen-bond acceptors (Lipinski definition) is 2. The van der Waals surface area contributed by atoms with E-state index in [2.05, 4.69) is 125 Å². The Hall–Kier alpha value is -3.62.